The van der Waals surface area contributed by atoms with Crippen molar-refractivity contribution in [1.82, 2.24) is 15.1 Å². The van der Waals surface area contributed by atoms with Gasteiger partial charge in [-0.05, 0) is 44.1 Å². The maximum atomic E-state index is 12.8. The van der Waals surface area contributed by atoms with Crippen LogP contribution >= 0.6 is 0 Å². The van der Waals surface area contributed by atoms with Crippen LogP contribution in [0.25, 0.3) is 0 Å². The number of benzene rings is 1. The number of aliphatic carboxylic acids is 1. The van der Waals surface area contributed by atoms with E-state index >= 15 is 0 Å². The summed E-state index contributed by atoms with van der Waals surface area (Å²) in [4.78, 5) is 24.1. The average Bonchev–Trinajstić information content (AvgIpc) is 3.43. The zero-order chi connectivity index (χ0) is 22.7. The van der Waals surface area contributed by atoms with Crippen LogP contribution < -0.4 is 5.32 Å². The van der Waals surface area contributed by atoms with Crippen molar-refractivity contribution in [3.8, 4) is 0 Å². The summed E-state index contributed by atoms with van der Waals surface area (Å²) in [7, 11) is 0. The fraction of sp³-hybridized carbons (Fsp3) is 0.500. The summed E-state index contributed by atoms with van der Waals surface area (Å²) >= 11 is 0. The van der Waals surface area contributed by atoms with E-state index in [1.807, 2.05) is 18.2 Å². The molecule has 1 heterocycles. The summed E-state index contributed by atoms with van der Waals surface area (Å²) in [5, 5.41) is 17.2. The number of carbonyl (C=O) groups excluding carboxylic acids is 1. The molecule has 0 radical (unpaired) electrons. The zero-order valence-electron chi connectivity index (χ0n) is 19.0. The molecule has 0 spiro atoms. The second kappa shape index (κ2) is 9.31. The molecule has 170 valence electrons. The number of allylic oxidation sites excluding steroid dienone is 1. The molecule has 0 aliphatic heterocycles. The van der Waals surface area contributed by atoms with Gasteiger partial charge in [0.2, 0.25) is 5.91 Å². The van der Waals surface area contributed by atoms with Crippen molar-refractivity contribution >= 4 is 11.9 Å². The maximum Gasteiger partial charge on any atom is 0.303 e. The quantitative estimate of drug-likeness (QED) is 0.598. The lowest BCUT2D eigenvalue weighted by atomic mass is 9.79. The number of carboxylic acid groups (broad SMARTS) is 1. The molecule has 6 nitrogen and oxygen atoms in total. The van der Waals surface area contributed by atoms with Crippen LogP contribution in [-0.4, -0.2) is 32.8 Å². The Labute approximate surface area is 189 Å². The Morgan fingerprint density at radius 3 is 2.53 bits per heavy atom. The first-order chi connectivity index (χ1) is 15.3. The Morgan fingerprint density at radius 1 is 1.12 bits per heavy atom. The van der Waals surface area contributed by atoms with E-state index in [0.717, 1.165) is 44.3 Å². The van der Waals surface area contributed by atoms with E-state index in [9.17, 15) is 14.7 Å². The molecule has 2 aliphatic rings. The molecule has 1 saturated carbocycles. The van der Waals surface area contributed by atoms with Crippen LogP contribution in [0.2, 0.25) is 0 Å². The van der Waals surface area contributed by atoms with Gasteiger partial charge in [-0.15, -0.1) is 0 Å². The molecule has 1 aromatic carbocycles. The van der Waals surface area contributed by atoms with Gasteiger partial charge in [0.15, 0.2) is 0 Å². The van der Waals surface area contributed by atoms with Crippen LogP contribution in [0.5, 0.6) is 0 Å². The minimum atomic E-state index is -0.806. The van der Waals surface area contributed by atoms with Gasteiger partial charge in [-0.25, -0.2) is 0 Å². The van der Waals surface area contributed by atoms with Gasteiger partial charge in [-0.2, -0.15) is 5.10 Å². The van der Waals surface area contributed by atoms with Gasteiger partial charge >= 0.3 is 5.97 Å². The number of nitrogens with one attached hydrogen (secondary N) is 1. The molecular formula is C26H33N3O3. The predicted molar refractivity (Wildman–Crippen MR) is 123 cm³/mol. The second-order valence-electron chi connectivity index (χ2n) is 9.58. The van der Waals surface area contributed by atoms with Gasteiger partial charge in [0.25, 0.3) is 0 Å². The Hall–Kier alpha value is -2.89. The lowest BCUT2D eigenvalue weighted by Gasteiger charge is -2.27. The van der Waals surface area contributed by atoms with Gasteiger partial charge < -0.3 is 10.4 Å². The topological polar surface area (TPSA) is 84.2 Å². The van der Waals surface area contributed by atoms with Crippen LogP contribution in [0.1, 0.15) is 73.4 Å². The number of carboxylic acids is 1. The molecule has 1 aromatic heterocycles. The minimum absolute atomic E-state index is 0.0212. The van der Waals surface area contributed by atoms with E-state index in [1.54, 1.807) is 0 Å². The second-order valence-corrected chi connectivity index (χ2v) is 9.58. The highest BCUT2D eigenvalue weighted by Gasteiger charge is 2.38. The Bertz CT molecular complexity index is 1000. The van der Waals surface area contributed by atoms with Gasteiger partial charge in [-0.3, -0.25) is 14.3 Å². The lowest BCUT2D eigenvalue weighted by Crippen LogP contribution is -2.37. The number of carbonyl (C=O) groups is 2. The summed E-state index contributed by atoms with van der Waals surface area (Å²) in [6.07, 6.45) is 9.14. The summed E-state index contributed by atoms with van der Waals surface area (Å²) in [6, 6.07) is 10.3. The number of hydrogen-bond acceptors (Lipinski definition) is 3. The molecule has 2 aromatic rings. The van der Waals surface area contributed by atoms with Gasteiger partial charge in [0.05, 0.1) is 18.7 Å². The molecule has 1 fully saturated rings. The van der Waals surface area contributed by atoms with Crippen molar-refractivity contribution in [3.05, 3.63) is 65.0 Å². The van der Waals surface area contributed by atoms with E-state index in [2.05, 4.69) is 48.1 Å². The molecule has 0 bridgehead atoms. The predicted octanol–water partition coefficient (Wildman–Crippen LogP) is 4.50. The monoisotopic (exact) mass is 435 g/mol. The summed E-state index contributed by atoms with van der Waals surface area (Å²) in [6.45, 7) is 4.92. The molecular weight excluding hydrogens is 402 g/mol. The molecule has 2 aliphatic carbocycles. The van der Waals surface area contributed by atoms with Crippen molar-refractivity contribution in [2.24, 2.45) is 5.41 Å². The Morgan fingerprint density at radius 2 is 1.84 bits per heavy atom. The summed E-state index contributed by atoms with van der Waals surface area (Å²) < 4.78 is 2.06. The van der Waals surface area contributed by atoms with Crippen LogP contribution in [0, 0.1) is 19.3 Å². The fourth-order valence-electron chi connectivity index (χ4n) is 5.64. The van der Waals surface area contributed by atoms with E-state index in [-0.39, 0.29) is 29.7 Å². The first-order valence-corrected chi connectivity index (χ1v) is 11.6. The smallest absolute Gasteiger partial charge is 0.303 e. The molecule has 6 heteroatoms. The molecule has 4 rings (SSSR count). The van der Waals surface area contributed by atoms with E-state index in [4.69, 9.17) is 5.10 Å². The zero-order valence-corrected chi connectivity index (χ0v) is 19.0. The van der Waals surface area contributed by atoms with E-state index < -0.39 is 5.97 Å². The summed E-state index contributed by atoms with van der Waals surface area (Å²) in [5.74, 6) is -0.611. The largest absolute Gasteiger partial charge is 0.481 e. The number of aryl methyl sites for hydroxylation is 1. The van der Waals surface area contributed by atoms with Gasteiger partial charge in [0.1, 0.15) is 0 Å². The third-order valence-electron chi connectivity index (χ3n) is 7.14. The third kappa shape index (κ3) is 4.95. The molecule has 2 unspecified atom stereocenters. The van der Waals surface area contributed by atoms with E-state index in [0.29, 0.717) is 6.42 Å². The van der Waals surface area contributed by atoms with Crippen molar-refractivity contribution in [2.45, 2.75) is 77.3 Å². The molecule has 2 atom stereocenters. The number of aromatic nitrogens is 2. The van der Waals surface area contributed by atoms with Crippen molar-refractivity contribution in [1.29, 1.82) is 0 Å². The maximum absolute atomic E-state index is 12.8. The van der Waals surface area contributed by atoms with Crippen molar-refractivity contribution < 1.29 is 14.7 Å². The average molecular weight is 436 g/mol. The first kappa shape index (κ1) is 22.3. The highest BCUT2D eigenvalue weighted by atomic mass is 16.4. The number of amides is 1. The normalized spacial score (nSPS) is 21.7. The highest BCUT2D eigenvalue weighted by molar-refractivity contribution is 5.78. The van der Waals surface area contributed by atoms with Crippen molar-refractivity contribution in [2.75, 3.05) is 0 Å². The fourth-order valence-corrected chi connectivity index (χ4v) is 5.64. The Kier molecular flexibility index (Phi) is 6.49. The minimum Gasteiger partial charge on any atom is -0.481 e. The Balaban J connectivity index is 1.38. The number of hydrogen-bond donors (Lipinski definition) is 2. The first-order valence-electron chi connectivity index (χ1n) is 11.6. The molecule has 32 heavy (non-hydrogen) atoms. The summed E-state index contributed by atoms with van der Waals surface area (Å²) in [5.41, 5.74) is 4.29. The number of rotatable bonds is 8. The van der Waals surface area contributed by atoms with Gasteiger partial charge in [0, 0.05) is 29.6 Å². The van der Waals surface area contributed by atoms with Crippen LogP contribution in [0.4, 0.5) is 0 Å². The molecule has 2 N–H and O–H groups in total. The van der Waals surface area contributed by atoms with Gasteiger partial charge in [-0.1, -0.05) is 55.3 Å². The van der Waals surface area contributed by atoms with E-state index in [1.165, 1.54) is 16.8 Å². The third-order valence-corrected chi connectivity index (χ3v) is 7.14. The SMILES string of the molecule is Cc1nn(Cc2ccccc2)c(C)c1C1C=CC(NC(=O)CC2(CC(=O)O)CCCC2)C1. The molecule has 0 saturated heterocycles. The number of nitrogens with zero attached hydrogens (tertiary/aromatic N) is 2. The highest BCUT2D eigenvalue weighted by Crippen LogP contribution is 2.44. The van der Waals surface area contributed by atoms with Crippen LogP contribution in [0.3, 0.4) is 0 Å². The van der Waals surface area contributed by atoms with Crippen molar-refractivity contribution in [3.63, 3.8) is 0 Å². The van der Waals surface area contributed by atoms with Crippen LogP contribution in [-0.2, 0) is 16.1 Å². The lowest BCUT2D eigenvalue weighted by molar-refractivity contribution is -0.140. The molecule has 1 amide bonds. The van der Waals surface area contributed by atoms with Crippen LogP contribution in [0.15, 0.2) is 42.5 Å². The standard InChI is InChI=1S/C26H33N3O3/c1-18-25(19(2)29(28-18)17-20-8-4-3-5-9-20)21-10-11-22(14-21)27-23(30)15-26(16-24(31)32)12-6-7-13-26/h3-5,8-11,21-22H,6-7,12-17H2,1-2H3,(H,27,30)(H,31,32).